The van der Waals surface area contributed by atoms with Crippen molar-refractivity contribution < 1.29 is 9.21 Å². The topological polar surface area (TPSA) is 42.2 Å². The number of carbonyl (C=O) groups excluding carboxylic acids is 1. The summed E-state index contributed by atoms with van der Waals surface area (Å²) < 4.78 is 5.26. The molecule has 14 heavy (non-hydrogen) atoms. The third-order valence-corrected chi connectivity index (χ3v) is 2.74. The van der Waals surface area contributed by atoms with Crippen LogP contribution < -0.4 is 5.32 Å². The highest BCUT2D eigenvalue weighted by atomic mass is 35.5. The average Bonchev–Trinajstić information content (AvgIpc) is 2.60. The van der Waals surface area contributed by atoms with Gasteiger partial charge in [-0.3, -0.25) is 4.79 Å². The molecule has 0 bridgehead atoms. The van der Waals surface area contributed by atoms with Crippen LogP contribution in [0.1, 0.15) is 25.5 Å². The highest BCUT2D eigenvalue weighted by Crippen LogP contribution is 2.25. The smallest absolute Gasteiger partial charge is 0.220 e. The molecule has 2 rings (SSSR count). The Morgan fingerprint density at radius 3 is 2.93 bits per heavy atom. The van der Waals surface area contributed by atoms with E-state index in [9.17, 15) is 4.79 Å². The summed E-state index contributed by atoms with van der Waals surface area (Å²) in [5.41, 5.74) is -0.168. The second kappa shape index (κ2) is 3.31. The fourth-order valence-corrected chi connectivity index (χ4v) is 1.98. The fourth-order valence-electron chi connectivity index (χ4n) is 1.81. The quantitative estimate of drug-likeness (QED) is 0.818. The minimum atomic E-state index is -0.168. The maximum atomic E-state index is 11.1. The first-order valence-electron chi connectivity index (χ1n) is 4.63. The fraction of sp³-hybridized carbons (Fsp3) is 0.500. The van der Waals surface area contributed by atoms with E-state index in [2.05, 4.69) is 5.32 Å². The molecule has 1 aromatic heterocycles. The summed E-state index contributed by atoms with van der Waals surface area (Å²) in [5, 5.41) is 3.34. The Morgan fingerprint density at radius 1 is 1.64 bits per heavy atom. The summed E-state index contributed by atoms with van der Waals surface area (Å²) in [7, 11) is 0. The van der Waals surface area contributed by atoms with Crippen molar-refractivity contribution >= 4 is 17.5 Å². The van der Waals surface area contributed by atoms with E-state index in [1.807, 2.05) is 13.0 Å². The molecule has 0 aromatic carbocycles. The third-order valence-electron chi connectivity index (χ3n) is 2.54. The predicted octanol–water partition coefficient (Wildman–Crippen LogP) is 2.14. The first-order chi connectivity index (χ1) is 6.57. The van der Waals surface area contributed by atoms with E-state index in [1.165, 1.54) is 0 Å². The van der Waals surface area contributed by atoms with Crippen molar-refractivity contribution in [1.82, 2.24) is 5.32 Å². The molecule has 76 valence electrons. The molecule has 1 saturated heterocycles. The Labute approximate surface area is 87.4 Å². The second-order valence-corrected chi connectivity index (χ2v) is 4.36. The lowest BCUT2D eigenvalue weighted by molar-refractivity contribution is -0.119. The van der Waals surface area contributed by atoms with Gasteiger partial charge < -0.3 is 9.73 Å². The Morgan fingerprint density at radius 2 is 2.43 bits per heavy atom. The Hall–Kier alpha value is -0.960. The molecule has 1 amide bonds. The van der Waals surface area contributed by atoms with Crippen LogP contribution in [0.25, 0.3) is 0 Å². The monoisotopic (exact) mass is 213 g/mol. The lowest BCUT2D eigenvalue weighted by Gasteiger charge is -2.22. The molecule has 3 nitrogen and oxygen atoms in total. The van der Waals surface area contributed by atoms with Gasteiger partial charge in [-0.25, -0.2) is 0 Å². The number of furan rings is 1. The van der Waals surface area contributed by atoms with Gasteiger partial charge in [-0.2, -0.15) is 0 Å². The van der Waals surface area contributed by atoms with Gasteiger partial charge in [-0.05, 0) is 37.1 Å². The largest absolute Gasteiger partial charge is 0.450 e. The van der Waals surface area contributed by atoms with Gasteiger partial charge in [0.25, 0.3) is 0 Å². The first-order valence-corrected chi connectivity index (χ1v) is 5.00. The van der Waals surface area contributed by atoms with Crippen LogP contribution in [0.15, 0.2) is 16.5 Å². The minimum absolute atomic E-state index is 0.116. The highest BCUT2D eigenvalue weighted by molar-refractivity contribution is 6.28. The van der Waals surface area contributed by atoms with Crippen LogP contribution >= 0.6 is 11.6 Å². The van der Waals surface area contributed by atoms with Gasteiger partial charge in [-0.15, -0.1) is 0 Å². The van der Waals surface area contributed by atoms with Gasteiger partial charge in [0.05, 0.1) is 0 Å². The zero-order valence-electron chi connectivity index (χ0n) is 7.97. The number of hydrogen-bond acceptors (Lipinski definition) is 2. The summed E-state index contributed by atoms with van der Waals surface area (Å²) >= 11 is 5.67. The normalized spacial score (nSPS) is 26.6. The Bertz CT molecular complexity index is 361. The lowest BCUT2D eigenvalue weighted by Crippen LogP contribution is -2.40. The summed E-state index contributed by atoms with van der Waals surface area (Å²) in [5.74, 6) is 0.935. The van der Waals surface area contributed by atoms with Gasteiger partial charge in [-0.1, -0.05) is 0 Å². The van der Waals surface area contributed by atoms with Gasteiger partial charge in [0, 0.05) is 18.4 Å². The van der Waals surface area contributed by atoms with Crippen LogP contribution in [-0.4, -0.2) is 11.4 Å². The number of carbonyl (C=O) groups is 1. The molecule has 1 aliphatic heterocycles. The zero-order chi connectivity index (χ0) is 10.2. The van der Waals surface area contributed by atoms with Crippen LogP contribution in [0.3, 0.4) is 0 Å². The van der Waals surface area contributed by atoms with Gasteiger partial charge in [0.15, 0.2) is 5.22 Å². The SMILES string of the molecule is CC1(Cc2ccc(Cl)o2)CCC(=O)N1. The second-order valence-electron chi connectivity index (χ2n) is 3.99. The molecule has 1 aromatic rings. The van der Waals surface area contributed by atoms with Crippen molar-refractivity contribution in [3.63, 3.8) is 0 Å². The van der Waals surface area contributed by atoms with E-state index in [-0.39, 0.29) is 11.4 Å². The molecule has 1 unspecified atom stereocenters. The summed E-state index contributed by atoms with van der Waals surface area (Å²) in [4.78, 5) is 11.1. The highest BCUT2D eigenvalue weighted by Gasteiger charge is 2.33. The molecule has 0 spiro atoms. The van der Waals surface area contributed by atoms with E-state index in [0.29, 0.717) is 18.1 Å². The molecule has 1 fully saturated rings. The van der Waals surface area contributed by atoms with E-state index < -0.39 is 0 Å². The molecule has 1 aliphatic rings. The standard InChI is InChI=1S/C10H12ClNO2/c1-10(5-4-9(13)12-10)6-7-2-3-8(11)14-7/h2-3H,4-6H2,1H3,(H,12,13). The molecule has 0 radical (unpaired) electrons. The summed E-state index contributed by atoms with van der Waals surface area (Å²) in [6, 6.07) is 3.56. The minimum Gasteiger partial charge on any atom is -0.450 e. The molecular formula is C10H12ClNO2. The van der Waals surface area contributed by atoms with E-state index in [1.54, 1.807) is 6.07 Å². The third kappa shape index (κ3) is 1.93. The van der Waals surface area contributed by atoms with E-state index >= 15 is 0 Å². The molecule has 1 atom stereocenters. The van der Waals surface area contributed by atoms with Crippen molar-refractivity contribution in [2.75, 3.05) is 0 Å². The van der Waals surface area contributed by atoms with Gasteiger partial charge in [0.2, 0.25) is 5.91 Å². The Kier molecular flexibility index (Phi) is 2.27. The number of nitrogens with one attached hydrogen (secondary N) is 1. The first kappa shape index (κ1) is 9.59. The average molecular weight is 214 g/mol. The Balaban J connectivity index is 2.07. The van der Waals surface area contributed by atoms with E-state index in [0.717, 1.165) is 12.2 Å². The number of amides is 1. The molecule has 0 aliphatic carbocycles. The maximum Gasteiger partial charge on any atom is 0.220 e. The molecule has 1 N–H and O–H groups in total. The number of hydrogen-bond donors (Lipinski definition) is 1. The van der Waals surface area contributed by atoms with Crippen molar-refractivity contribution in [2.24, 2.45) is 0 Å². The van der Waals surface area contributed by atoms with E-state index in [4.69, 9.17) is 16.0 Å². The van der Waals surface area contributed by atoms with Gasteiger partial charge >= 0.3 is 0 Å². The van der Waals surface area contributed by atoms with Crippen molar-refractivity contribution in [1.29, 1.82) is 0 Å². The van der Waals surface area contributed by atoms with Crippen LogP contribution in [0.2, 0.25) is 5.22 Å². The van der Waals surface area contributed by atoms with Gasteiger partial charge in [0.1, 0.15) is 5.76 Å². The van der Waals surface area contributed by atoms with Crippen molar-refractivity contribution in [3.8, 4) is 0 Å². The van der Waals surface area contributed by atoms with Crippen molar-refractivity contribution in [3.05, 3.63) is 23.1 Å². The predicted molar refractivity (Wildman–Crippen MR) is 53.2 cm³/mol. The maximum absolute atomic E-state index is 11.1. The van der Waals surface area contributed by atoms with Crippen LogP contribution in [0.5, 0.6) is 0 Å². The van der Waals surface area contributed by atoms with Crippen LogP contribution in [-0.2, 0) is 11.2 Å². The summed E-state index contributed by atoms with van der Waals surface area (Å²) in [6.45, 7) is 2.02. The summed E-state index contributed by atoms with van der Waals surface area (Å²) in [6.07, 6.45) is 2.15. The molecule has 0 saturated carbocycles. The molecule has 2 heterocycles. The number of rotatable bonds is 2. The van der Waals surface area contributed by atoms with Crippen LogP contribution in [0, 0.1) is 0 Å². The number of halogens is 1. The molecular weight excluding hydrogens is 202 g/mol. The molecule has 4 heteroatoms. The zero-order valence-corrected chi connectivity index (χ0v) is 8.73. The lowest BCUT2D eigenvalue weighted by atomic mass is 9.95. The van der Waals surface area contributed by atoms with Crippen LogP contribution in [0.4, 0.5) is 0 Å². The van der Waals surface area contributed by atoms with Crippen molar-refractivity contribution in [2.45, 2.75) is 31.7 Å².